The monoisotopic (exact) mass is 455 g/mol. The van der Waals surface area contributed by atoms with Crippen molar-refractivity contribution in [2.45, 2.75) is 12.2 Å². The number of nitrogens with one attached hydrogen (secondary N) is 1. The van der Waals surface area contributed by atoms with Gasteiger partial charge in [0.2, 0.25) is 12.2 Å². The van der Waals surface area contributed by atoms with Crippen molar-refractivity contribution in [1.29, 1.82) is 0 Å². The molecule has 2 atom stereocenters. The maximum Gasteiger partial charge on any atom is 0.331 e. The van der Waals surface area contributed by atoms with Crippen molar-refractivity contribution in [3.63, 3.8) is 0 Å². The van der Waals surface area contributed by atoms with Crippen molar-refractivity contribution in [2.75, 3.05) is 0 Å². The average Bonchev–Trinajstić information content (AvgIpc) is 3.02. The highest BCUT2D eigenvalue weighted by atomic mass is 16.6. The molecule has 0 spiro atoms. The molecular formula is C22H17NO10. The van der Waals surface area contributed by atoms with Gasteiger partial charge in [-0.25, -0.2) is 9.59 Å². The van der Waals surface area contributed by atoms with Gasteiger partial charge >= 0.3 is 11.9 Å². The lowest BCUT2D eigenvalue weighted by molar-refractivity contribution is -0.164. The fourth-order valence-corrected chi connectivity index (χ4v) is 2.71. The number of amides is 2. The minimum Gasteiger partial charge on any atom is -0.504 e. The van der Waals surface area contributed by atoms with E-state index in [9.17, 15) is 39.6 Å². The molecule has 1 aliphatic heterocycles. The molecule has 1 fully saturated rings. The fourth-order valence-electron chi connectivity index (χ4n) is 2.71. The van der Waals surface area contributed by atoms with Crippen LogP contribution in [0.3, 0.4) is 0 Å². The van der Waals surface area contributed by atoms with Crippen LogP contribution in [-0.4, -0.2) is 56.4 Å². The van der Waals surface area contributed by atoms with Crippen molar-refractivity contribution >= 4 is 35.9 Å². The number of phenolic OH excluding ortho intramolecular Hbond substituents is 4. The van der Waals surface area contributed by atoms with Gasteiger partial charge in [-0.2, -0.15) is 0 Å². The summed E-state index contributed by atoms with van der Waals surface area (Å²) in [6.07, 6.45) is 0.839. The van der Waals surface area contributed by atoms with E-state index in [1.165, 1.54) is 48.6 Å². The smallest absolute Gasteiger partial charge is 0.331 e. The summed E-state index contributed by atoms with van der Waals surface area (Å²) in [4.78, 5) is 48.1. The lowest BCUT2D eigenvalue weighted by atomic mass is 10.2. The van der Waals surface area contributed by atoms with Crippen molar-refractivity contribution in [3.05, 3.63) is 59.7 Å². The number of esters is 2. The predicted octanol–water partition coefficient (Wildman–Crippen LogP) is 0.716. The van der Waals surface area contributed by atoms with Crippen LogP contribution in [0.25, 0.3) is 12.2 Å². The molecule has 0 radical (unpaired) electrons. The molecule has 0 aliphatic carbocycles. The number of phenols is 4. The van der Waals surface area contributed by atoms with Crippen LogP contribution in [0.15, 0.2) is 48.6 Å². The van der Waals surface area contributed by atoms with Crippen LogP contribution in [0.1, 0.15) is 11.1 Å². The Bertz CT molecular complexity index is 1090. The zero-order valence-corrected chi connectivity index (χ0v) is 16.7. The SMILES string of the molecule is O=C(/C=C/c1ccc(O)c(O)c1)O[C@H]1C(=O)NC(=O)[C@@H]1OC(=O)/C=C/c1ccc(O)c(O)c1. The first kappa shape index (κ1) is 22.9. The van der Waals surface area contributed by atoms with Crippen LogP contribution >= 0.6 is 0 Å². The van der Waals surface area contributed by atoms with Crippen molar-refractivity contribution in [2.24, 2.45) is 0 Å². The topological polar surface area (TPSA) is 180 Å². The second-order valence-electron chi connectivity index (χ2n) is 6.73. The summed E-state index contributed by atoms with van der Waals surface area (Å²) in [5.74, 6) is -5.54. The second kappa shape index (κ2) is 9.56. The Morgan fingerprint density at radius 1 is 0.697 bits per heavy atom. The average molecular weight is 455 g/mol. The van der Waals surface area contributed by atoms with E-state index < -0.39 is 47.5 Å². The number of hydrogen-bond donors (Lipinski definition) is 5. The molecular weight excluding hydrogens is 438 g/mol. The summed E-state index contributed by atoms with van der Waals surface area (Å²) in [5.41, 5.74) is 0.671. The van der Waals surface area contributed by atoms with E-state index in [1.54, 1.807) is 0 Å². The summed E-state index contributed by atoms with van der Waals surface area (Å²) in [6, 6.07) is 7.55. The number of imide groups is 1. The third-order valence-electron chi connectivity index (χ3n) is 4.35. The molecule has 11 nitrogen and oxygen atoms in total. The minimum absolute atomic E-state index is 0.336. The lowest BCUT2D eigenvalue weighted by Gasteiger charge is -2.15. The first-order valence-corrected chi connectivity index (χ1v) is 9.30. The maximum atomic E-state index is 12.1. The fraction of sp³-hybridized carbons (Fsp3) is 0.0909. The zero-order valence-electron chi connectivity index (χ0n) is 16.7. The van der Waals surface area contributed by atoms with E-state index in [2.05, 4.69) is 0 Å². The highest BCUT2D eigenvalue weighted by Crippen LogP contribution is 2.26. The van der Waals surface area contributed by atoms with Gasteiger partial charge < -0.3 is 29.9 Å². The van der Waals surface area contributed by atoms with Crippen LogP contribution in [-0.2, 0) is 28.7 Å². The van der Waals surface area contributed by atoms with Gasteiger partial charge in [0.1, 0.15) is 0 Å². The highest BCUT2D eigenvalue weighted by Gasteiger charge is 2.47. The van der Waals surface area contributed by atoms with Crippen molar-refractivity contribution < 1.29 is 49.1 Å². The number of rotatable bonds is 6. The number of ether oxygens (including phenoxy) is 2. The molecule has 33 heavy (non-hydrogen) atoms. The second-order valence-corrected chi connectivity index (χ2v) is 6.73. The molecule has 5 N–H and O–H groups in total. The molecule has 1 aliphatic rings. The number of carbonyl (C=O) groups is 4. The van der Waals surface area contributed by atoms with Gasteiger partial charge in [0.15, 0.2) is 23.0 Å². The molecule has 1 saturated heterocycles. The molecule has 2 aromatic carbocycles. The normalized spacial score (nSPS) is 17.9. The number of hydrogen-bond acceptors (Lipinski definition) is 10. The quantitative estimate of drug-likeness (QED) is 0.180. The zero-order chi connectivity index (χ0) is 24.1. The number of aromatic hydroxyl groups is 4. The van der Waals surface area contributed by atoms with E-state index >= 15 is 0 Å². The van der Waals surface area contributed by atoms with Gasteiger partial charge in [-0.3, -0.25) is 14.9 Å². The summed E-state index contributed by atoms with van der Waals surface area (Å²) in [7, 11) is 0. The minimum atomic E-state index is -1.72. The van der Waals surface area contributed by atoms with E-state index in [4.69, 9.17) is 9.47 Å². The Balaban J connectivity index is 1.64. The van der Waals surface area contributed by atoms with Crippen LogP contribution < -0.4 is 5.32 Å². The molecule has 2 aromatic rings. The van der Waals surface area contributed by atoms with Crippen LogP contribution in [0.2, 0.25) is 0 Å². The van der Waals surface area contributed by atoms with Gasteiger partial charge in [0.05, 0.1) is 0 Å². The number of benzene rings is 2. The van der Waals surface area contributed by atoms with Crippen molar-refractivity contribution in [1.82, 2.24) is 5.32 Å². The first-order valence-electron chi connectivity index (χ1n) is 9.30. The molecule has 0 unspecified atom stereocenters. The summed E-state index contributed by atoms with van der Waals surface area (Å²) < 4.78 is 9.88. The van der Waals surface area contributed by atoms with Crippen molar-refractivity contribution in [3.8, 4) is 23.0 Å². The summed E-state index contributed by atoms with van der Waals surface area (Å²) in [5, 5.41) is 39.4. The summed E-state index contributed by atoms with van der Waals surface area (Å²) in [6.45, 7) is 0. The third-order valence-corrected chi connectivity index (χ3v) is 4.35. The van der Waals surface area contributed by atoms with Gasteiger partial charge in [0, 0.05) is 12.2 Å². The maximum absolute atomic E-state index is 12.1. The van der Waals surface area contributed by atoms with E-state index in [0.717, 1.165) is 12.2 Å². The van der Waals surface area contributed by atoms with E-state index in [1.807, 2.05) is 5.32 Å². The van der Waals surface area contributed by atoms with E-state index in [0.29, 0.717) is 11.1 Å². The first-order chi connectivity index (χ1) is 15.6. The molecule has 3 rings (SSSR count). The Morgan fingerprint density at radius 2 is 1.09 bits per heavy atom. The van der Waals surface area contributed by atoms with E-state index in [-0.39, 0.29) is 11.5 Å². The largest absolute Gasteiger partial charge is 0.504 e. The molecule has 2 amide bonds. The van der Waals surface area contributed by atoms with Gasteiger partial charge in [-0.05, 0) is 47.5 Å². The highest BCUT2D eigenvalue weighted by molar-refractivity contribution is 6.10. The van der Waals surface area contributed by atoms with Gasteiger partial charge in [-0.15, -0.1) is 0 Å². The molecule has 0 bridgehead atoms. The molecule has 0 aromatic heterocycles. The molecule has 170 valence electrons. The number of carbonyl (C=O) groups excluding carboxylic acids is 4. The Hall–Kier alpha value is -4.80. The Labute approximate surface area is 185 Å². The lowest BCUT2D eigenvalue weighted by Crippen LogP contribution is -2.37. The standard InChI is InChI=1S/C22H17NO10/c24-13-5-1-11(9-15(13)26)3-7-17(28)32-19-20(22(31)23-21(19)30)33-18(29)8-4-12-2-6-14(25)16(27)10-12/h1-10,19-20,24-27H,(H,23,30,31)/b7-3+,8-4+/t19-,20-/m1/s1. The predicted molar refractivity (Wildman–Crippen MR) is 111 cm³/mol. The van der Waals surface area contributed by atoms with Gasteiger partial charge in [0.25, 0.3) is 11.8 Å². The third kappa shape index (κ3) is 5.67. The van der Waals surface area contributed by atoms with Crippen LogP contribution in [0.5, 0.6) is 23.0 Å². The van der Waals surface area contributed by atoms with Gasteiger partial charge in [-0.1, -0.05) is 12.1 Å². The molecule has 0 saturated carbocycles. The van der Waals surface area contributed by atoms with Crippen LogP contribution in [0.4, 0.5) is 0 Å². The summed E-state index contributed by atoms with van der Waals surface area (Å²) >= 11 is 0. The van der Waals surface area contributed by atoms with Crippen LogP contribution in [0, 0.1) is 0 Å². The molecule has 1 heterocycles. The Kier molecular flexibility index (Phi) is 6.63. The molecule has 11 heteroatoms. The Morgan fingerprint density at radius 3 is 1.45 bits per heavy atom.